The van der Waals surface area contributed by atoms with E-state index < -0.39 is 18.6 Å². The molecule has 0 spiro atoms. The van der Waals surface area contributed by atoms with E-state index in [2.05, 4.69) is 5.32 Å². The molecule has 18 heavy (non-hydrogen) atoms. The Labute approximate surface area is 104 Å². The van der Waals surface area contributed by atoms with Crippen molar-refractivity contribution in [2.24, 2.45) is 0 Å². The second kappa shape index (κ2) is 7.58. The molecule has 4 nitrogen and oxygen atoms in total. The first-order valence-electron chi connectivity index (χ1n) is 6.13. The zero-order valence-corrected chi connectivity index (χ0v) is 10.2. The van der Waals surface area contributed by atoms with Gasteiger partial charge in [0.1, 0.15) is 0 Å². The van der Waals surface area contributed by atoms with Gasteiger partial charge in [0, 0.05) is 6.54 Å². The third-order valence-electron chi connectivity index (χ3n) is 2.69. The molecule has 106 valence electrons. The predicted molar refractivity (Wildman–Crippen MR) is 60.1 cm³/mol. The molecule has 0 radical (unpaired) electrons. The van der Waals surface area contributed by atoms with E-state index in [0.29, 0.717) is 13.2 Å². The van der Waals surface area contributed by atoms with E-state index in [1.165, 1.54) is 12.8 Å². The average Bonchev–Trinajstić information content (AvgIpc) is 2.75. The van der Waals surface area contributed by atoms with Crippen molar-refractivity contribution in [2.45, 2.75) is 38.0 Å². The van der Waals surface area contributed by atoms with Crippen molar-refractivity contribution in [3.8, 4) is 0 Å². The van der Waals surface area contributed by atoms with E-state index in [1.54, 1.807) is 0 Å². The Morgan fingerprint density at radius 3 is 2.56 bits per heavy atom. The normalized spacial score (nSPS) is 17.1. The number of hydrogen-bond acceptors (Lipinski definition) is 3. The summed E-state index contributed by atoms with van der Waals surface area (Å²) in [4.78, 5) is 11.1. The van der Waals surface area contributed by atoms with Crippen LogP contribution >= 0.6 is 0 Å². The van der Waals surface area contributed by atoms with Gasteiger partial charge in [-0.05, 0) is 12.8 Å². The molecule has 0 aromatic rings. The minimum Gasteiger partial charge on any atom is -0.376 e. The average molecular weight is 268 g/mol. The highest BCUT2D eigenvalue weighted by Crippen LogP contribution is 2.20. The highest BCUT2D eigenvalue weighted by molar-refractivity contribution is 5.77. The largest absolute Gasteiger partial charge is 0.401 e. The molecule has 0 bridgehead atoms. The van der Waals surface area contributed by atoms with Crippen molar-refractivity contribution in [1.29, 1.82) is 0 Å². The number of carbonyl (C=O) groups excluding carboxylic acids is 1. The number of hydrogen-bond donors (Lipinski definition) is 2. The van der Waals surface area contributed by atoms with Gasteiger partial charge in [-0.15, -0.1) is 0 Å². The van der Waals surface area contributed by atoms with Crippen LogP contribution in [0.3, 0.4) is 0 Å². The van der Waals surface area contributed by atoms with Crippen molar-refractivity contribution in [1.82, 2.24) is 10.6 Å². The summed E-state index contributed by atoms with van der Waals surface area (Å²) in [6.07, 6.45) is 0.468. The highest BCUT2D eigenvalue weighted by atomic mass is 19.4. The summed E-state index contributed by atoms with van der Waals surface area (Å²) in [5, 5.41) is 4.53. The monoisotopic (exact) mass is 268 g/mol. The number of alkyl halides is 3. The zero-order chi connectivity index (χ0) is 13.4. The van der Waals surface area contributed by atoms with Gasteiger partial charge < -0.3 is 15.4 Å². The van der Waals surface area contributed by atoms with Crippen molar-refractivity contribution < 1.29 is 22.7 Å². The first-order valence-corrected chi connectivity index (χ1v) is 6.13. The number of halogens is 3. The second-order valence-corrected chi connectivity index (χ2v) is 4.35. The van der Waals surface area contributed by atoms with Gasteiger partial charge in [0.05, 0.1) is 25.8 Å². The van der Waals surface area contributed by atoms with E-state index in [4.69, 9.17) is 4.74 Å². The predicted octanol–water partition coefficient (Wildman–Crippen LogP) is 1.21. The second-order valence-electron chi connectivity index (χ2n) is 4.35. The van der Waals surface area contributed by atoms with Crippen LogP contribution in [0.15, 0.2) is 0 Å². The Kier molecular flexibility index (Phi) is 6.42. The van der Waals surface area contributed by atoms with Crippen LogP contribution in [-0.4, -0.2) is 44.4 Å². The summed E-state index contributed by atoms with van der Waals surface area (Å²) in [5.41, 5.74) is 0. The number of amides is 1. The van der Waals surface area contributed by atoms with Gasteiger partial charge in [0.15, 0.2) is 0 Å². The van der Waals surface area contributed by atoms with Crippen molar-refractivity contribution >= 4 is 5.91 Å². The minimum atomic E-state index is -4.29. The molecular formula is C11H19F3N2O2. The van der Waals surface area contributed by atoms with Crippen LogP contribution in [0.25, 0.3) is 0 Å². The summed E-state index contributed by atoms with van der Waals surface area (Å²) in [6, 6.07) is 0. The Hall–Kier alpha value is -0.820. The summed E-state index contributed by atoms with van der Waals surface area (Å²) in [5.74, 6) is -0.450. The lowest BCUT2D eigenvalue weighted by molar-refractivity contribution is -0.128. The first kappa shape index (κ1) is 15.2. The molecule has 1 aliphatic carbocycles. The van der Waals surface area contributed by atoms with Gasteiger partial charge in [-0.3, -0.25) is 4.79 Å². The molecule has 0 aromatic carbocycles. The maximum Gasteiger partial charge on any atom is 0.401 e. The van der Waals surface area contributed by atoms with Crippen LogP contribution in [0.2, 0.25) is 0 Å². The topological polar surface area (TPSA) is 50.4 Å². The van der Waals surface area contributed by atoms with Crippen LogP contribution in [0.4, 0.5) is 13.2 Å². The third-order valence-corrected chi connectivity index (χ3v) is 2.69. The Morgan fingerprint density at radius 2 is 1.94 bits per heavy atom. The van der Waals surface area contributed by atoms with Crippen molar-refractivity contribution in [2.75, 3.05) is 26.2 Å². The van der Waals surface area contributed by atoms with Crippen molar-refractivity contribution in [3.05, 3.63) is 0 Å². The van der Waals surface area contributed by atoms with E-state index in [0.717, 1.165) is 12.8 Å². The summed E-state index contributed by atoms with van der Waals surface area (Å²) >= 11 is 0. The summed E-state index contributed by atoms with van der Waals surface area (Å²) < 4.78 is 40.8. The Bertz CT molecular complexity index is 253. The Morgan fingerprint density at radius 1 is 1.28 bits per heavy atom. The first-order chi connectivity index (χ1) is 8.47. The number of rotatable bonds is 7. The molecule has 2 N–H and O–H groups in total. The van der Waals surface area contributed by atoms with Crippen LogP contribution in [0.5, 0.6) is 0 Å². The zero-order valence-electron chi connectivity index (χ0n) is 10.2. The molecule has 0 aliphatic heterocycles. The standard InChI is InChI=1S/C11H19F3N2O2/c12-11(13,14)8-15-7-10(17)16-5-6-18-9-3-1-2-4-9/h9,15H,1-8H2,(H,16,17). The van der Waals surface area contributed by atoms with Gasteiger partial charge in [-0.25, -0.2) is 0 Å². The fourth-order valence-corrected chi connectivity index (χ4v) is 1.85. The third kappa shape index (κ3) is 7.50. The molecule has 0 atom stereocenters. The maximum absolute atomic E-state index is 11.8. The molecule has 1 amide bonds. The van der Waals surface area contributed by atoms with E-state index in [1.807, 2.05) is 5.32 Å². The van der Waals surface area contributed by atoms with E-state index in [9.17, 15) is 18.0 Å². The molecule has 1 fully saturated rings. The van der Waals surface area contributed by atoms with Crippen LogP contribution < -0.4 is 10.6 Å². The van der Waals surface area contributed by atoms with Gasteiger partial charge in [0.2, 0.25) is 5.91 Å². The molecule has 1 rings (SSSR count). The lowest BCUT2D eigenvalue weighted by atomic mass is 10.3. The fourth-order valence-electron chi connectivity index (χ4n) is 1.85. The SMILES string of the molecule is O=C(CNCC(F)(F)F)NCCOC1CCCC1. The summed E-state index contributed by atoms with van der Waals surface area (Å²) in [6.45, 7) is -0.735. The highest BCUT2D eigenvalue weighted by Gasteiger charge is 2.26. The van der Waals surface area contributed by atoms with E-state index in [-0.39, 0.29) is 12.6 Å². The quantitative estimate of drug-likeness (QED) is 0.682. The maximum atomic E-state index is 11.8. The lowest BCUT2D eigenvalue weighted by Gasteiger charge is -2.12. The van der Waals surface area contributed by atoms with Gasteiger partial charge in [-0.2, -0.15) is 13.2 Å². The molecule has 0 unspecified atom stereocenters. The number of ether oxygens (including phenoxy) is 1. The van der Waals surface area contributed by atoms with Crippen LogP contribution in [0, 0.1) is 0 Å². The van der Waals surface area contributed by atoms with Crippen LogP contribution in [0.1, 0.15) is 25.7 Å². The van der Waals surface area contributed by atoms with Gasteiger partial charge in [0.25, 0.3) is 0 Å². The minimum absolute atomic E-state index is 0.283. The number of carbonyl (C=O) groups is 1. The van der Waals surface area contributed by atoms with Gasteiger partial charge in [-0.1, -0.05) is 12.8 Å². The molecule has 7 heteroatoms. The molecule has 1 aliphatic rings. The van der Waals surface area contributed by atoms with Crippen molar-refractivity contribution in [3.63, 3.8) is 0 Å². The molecule has 0 heterocycles. The number of nitrogens with one attached hydrogen (secondary N) is 2. The molecular weight excluding hydrogens is 249 g/mol. The molecule has 1 saturated carbocycles. The lowest BCUT2D eigenvalue weighted by Crippen LogP contribution is -2.39. The van der Waals surface area contributed by atoms with Crippen LogP contribution in [-0.2, 0) is 9.53 Å². The fraction of sp³-hybridized carbons (Fsp3) is 0.909. The molecule has 0 saturated heterocycles. The Balaban J connectivity index is 1.93. The molecule has 0 aromatic heterocycles. The summed E-state index contributed by atoms with van der Waals surface area (Å²) in [7, 11) is 0. The van der Waals surface area contributed by atoms with Gasteiger partial charge >= 0.3 is 6.18 Å². The van der Waals surface area contributed by atoms with E-state index >= 15 is 0 Å². The smallest absolute Gasteiger partial charge is 0.376 e.